The van der Waals surface area contributed by atoms with Gasteiger partial charge in [-0.15, -0.1) is 0 Å². The van der Waals surface area contributed by atoms with Crippen LogP contribution in [0.25, 0.3) is 0 Å². The number of hydrazine groups is 1. The maximum atomic E-state index is 12.5. The Morgan fingerprint density at radius 1 is 1.04 bits per heavy atom. The second-order valence-electron chi connectivity index (χ2n) is 7.53. The van der Waals surface area contributed by atoms with Gasteiger partial charge in [-0.2, -0.15) is 0 Å². The lowest BCUT2D eigenvalue weighted by Crippen LogP contribution is -2.49. The highest BCUT2D eigenvalue weighted by atomic mass is 16.2. The number of piperazine rings is 1. The molecule has 138 valence electrons. The van der Waals surface area contributed by atoms with Crippen LogP contribution in [0.1, 0.15) is 32.3 Å². The van der Waals surface area contributed by atoms with Crippen molar-refractivity contribution < 1.29 is 4.79 Å². The summed E-state index contributed by atoms with van der Waals surface area (Å²) in [6, 6.07) is 11.5. The van der Waals surface area contributed by atoms with Gasteiger partial charge in [0.1, 0.15) is 0 Å². The molecule has 3 rings (SSSR count). The van der Waals surface area contributed by atoms with Crippen molar-refractivity contribution in [1.82, 2.24) is 20.7 Å². The number of nitrogens with zero attached hydrogens (tertiary/aromatic N) is 2. The maximum Gasteiger partial charge on any atom is 0.222 e. The molecule has 0 aromatic heterocycles. The molecule has 0 aliphatic carbocycles. The van der Waals surface area contributed by atoms with E-state index in [9.17, 15) is 4.79 Å². The molecule has 5 nitrogen and oxygen atoms in total. The Morgan fingerprint density at radius 2 is 1.68 bits per heavy atom. The molecule has 2 N–H and O–H groups in total. The summed E-state index contributed by atoms with van der Waals surface area (Å²) < 4.78 is 0. The van der Waals surface area contributed by atoms with Crippen LogP contribution in [0.2, 0.25) is 0 Å². The molecular weight excluding hydrogens is 312 g/mol. The highest BCUT2D eigenvalue weighted by Gasteiger charge is 2.30. The smallest absolute Gasteiger partial charge is 0.222 e. The summed E-state index contributed by atoms with van der Waals surface area (Å²) in [5.74, 6) is 0.866. The minimum absolute atomic E-state index is 0.328. The number of carbonyl (C=O) groups excluding carboxylic acids is 1. The van der Waals surface area contributed by atoms with Gasteiger partial charge < -0.3 is 4.90 Å². The van der Waals surface area contributed by atoms with Gasteiger partial charge in [0.05, 0.1) is 0 Å². The predicted octanol–water partition coefficient (Wildman–Crippen LogP) is 1.65. The van der Waals surface area contributed by atoms with Crippen molar-refractivity contribution in [1.29, 1.82) is 0 Å². The second kappa shape index (κ2) is 8.79. The molecule has 0 bridgehead atoms. The highest BCUT2D eigenvalue weighted by Crippen LogP contribution is 2.21. The lowest BCUT2D eigenvalue weighted by atomic mass is 9.91. The van der Waals surface area contributed by atoms with Crippen molar-refractivity contribution in [3.63, 3.8) is 0 Å². The van der Waals surface area contributed by atoms with E-state index < -0.39 is 0 Å². The molecule has 1 aromatic rings. The van der Waals surface area contributed by atoms with E-state index in [2.05, 4.69) is 64.8 Å². The minimum atomic E-state index is 0.328. The number of hydrogen-bond donors (Lipinski definition) is 2. The van der Waals surface area contributed by atoms with E-state index in [0.29, 0.717) is 30.3 Å². The maximum absolute atomic E-state index is 12.5. The summed E-state index contributed by atoms with van der Waals surface area (Å²) in [7, 11) is 0. The van der Waals surface area contributed by atoms with E-state index in [4.69, 9.17) is 0 Å². The third kappa shape index (κ3) is 5.03. The average molecular weight is 345 g/mol. The second-order valence-corrected chi connectivity index (χ2v) is 7.53. The molecule has 1 aromatic carbocycles. The largest absolute Gasteiger partial charge is 0.340 e. The molecule has 2 aliphatic heterocycles. The molecule has 2 fully saturated rings. The summed E-state index contributed by atoms with van der Waals surface area (Å²) in [5, 5.41) is 0. The van der Waals surface area contributed by atoms with Gasteiger partial charge in [-0.3, -0.25) is 20.5 Å². The molecule has 0 radical (unpaired) electrons. The van der Waals surface area contributed by atoms with Gasteiger partial charge in [-0.25, -0.2) is 0 Å². The van der Waals surface area contributed by atoms with E-state index in [1.165, 1.54) is 5.56 Å². The van der Waals surface area contributed by atoms with Gasteiger partial charge in [0.15, 0.2) is 0 Å². The van der Waals surface area contributed by atoms with Crippen molar-refractivity contribution in [3.05, 3.63) is 35.9 Å². The van der Waals surface area contributed by atoms with Gasteiger partial charge in [0.2, 0.25) is 5.91 Å². The molecule has 25 heavy (non-hydrogen) atoms. The molecule has 2 saturated heterocycles. The van der Waals surface area contributed by atoms with Crippen molar-refractivity contribution in [3.8, 4) is 0 Å². The SMILES string of the molecule is CC1NNC(C)C1CCC(=O)N1CCN(CCc2ccccc2)CC1. The van der Waals surface area contributed by atoms with E-state index in [1.807, 2.05) is 0 Å². The third-order valence-electron chi connectivity index (χ3n) is 5.80. The van der Waals surface area contributed by atoms with Gasteiger partial charge in [-0.1, -0.05) is 30.3 Å². The number of amides is 1. The Morgan fingerprint density at radius 3 is 2.32 bits per heavy atom. The molecule has 2 atom stereocenters. The zero-order chi connectivity index (χ0) is 17.6. The first-order chi connectivity index (χ1) is 12.1. The number of nitrogens with one attached hydrogen (secondary N) is 2. The topological polar surface area (TPSA) is 47.6 Å². The van der Waals surface area contributed by atoms with Crippen LogP contribution in [0.4, 0.5) is 0 Å². The average Bonchev–Trinajstić information content (AvgIpc) is 2.97. The number of rotatable bonds is 6. The van der Waals surface area contributed by atoms with Crippen LogP contribution in [0.15, 0.2) is 30.3 Å². The van der Waals surface area contributed by atoms with Crippen molar-refractivity contribution >= 4 is 5.91 Å². The van der Waals surface area contributed by atoms with Crippen LogP contribution in [-0.2, 0) is 11.2 Å². The van der Waals surface area contributed by atoms with Crippen molar-refractivity contribution in [2.75, 3.05) is 32.7 Å². The van der Waals surface area contributed by atoms with E-state index in [0.717, 1.165) is 45.6 Å². The molecule has 5 heteroatoms. The van der Waals surface area contributed by atoms with E-state index in [1.54, 1.807) is 0 Å². The predicted molar refractivity (Wildman–Crippen MR) is 101 cm³/mol. The summed E-state index contributed by atoms with van der Waals surface area (Å²) in [6.45, 7) is 9.21. The fraction of sp³-hybridized carbons (Fsp3) is 0.650. The summed E-state index contributed by atoms with van der Waals surface area (Å²) in [6.07, 6.45) is 2.73. The summed E-state index contributed by atoms with van der Waals surface area (Å²) in [5.41, 5.74) is 7.94. The lowest BCUT2D eigenvalue weighted by Gasteiger charge is -2.35. The molecule has 1 amide bonds. The van der Waals surface area contributed by atoms with Crippen LogP contribution in [0.3, 0.4) is 0 Å². The number of carbonyl (C=O) groups is 1. The van der Waals surface area contributed by atoms with Crippen LogP contribution in [0, 0.1) is 5.92 Å². The Kier molecular flexibility index (Phi) is 6.45. The molecular formula is C20H32N4O. The fourth-order valence-electron chi connectivity index (χ4n) is 4.01. The van der Waals surface area contributed by atoms with Crippen LogP contribution in [-0.4, -0.2) is 60.5 Å². The fourth-order valence-corrected chi connectivity index (χ4v) is 4.01. The number of benzene rings is 1. The minimum Gasteiger partial charge on any atom is -0.340 e. The first-order valence-electron chi connectivity index (χ1n) is 9.68. The zero-order valence-electron chi connectivity index (χ0n) is 15.6. The molecule has 2 heterocycles. The summed E-state index contributed by atoms with van der Waals surface area (Å²) in [4.78, 5) is 17.1. The summed E-state index contributed by atoms with van der Waals surface area (Å²) >= 11 is 0. The van der Waals surface area contributed by atoms with Crippen LogP contribution < -0.4 is 10.9 Å². The quantitative estimate of drug-likeness (QED) is 0.824. The lowest BCUT2D eigenvalue weighted by molar-refractivity contribution is -0.133. The molecule has 2 unspecified atom stereocenters. The van der Waals surface area contributed by atoms with Crippen molar-refractivity contribution in [2.45, 2.75) is 45.2 Å². The van der Waals surface area contributed by atoms with Gasteiger partial charge in [-0.05, 0) is 38.2 Å². The monoisotopic (exact) mass is 344 g/mol. The van der Waals surface area contributed by atoms with E-state index >= 15 is 0 Å². The third-order valence-corrected chi connectivity index (χ3v) is 5.80. The van der Waals surface area contributed by atoms with Crippen LogP contribution in [0.5, 0.6) is 0 Å². The first-order valence-corrected chi connectivity index (χ1v) is 9.68. The Labute approximate surface area is 151 Å². The zero-order valence-corrected chi connectivity index (χ0v) is 15.6. The molecule has 0 spiro atoms. The van der Waals surface area contributed by atoms with Crippen molar-refractivity contribution in [2.24, 2.45) is 5.92 Å². The van der Waals surface area contributed by atoms with E-state index in [-0.39, 0.29) is 0 Å². The molecule has 0 saturated carbocycles. The standard InChI is InChI=1S/C20H32N4O/c1-16-19(17(2)22-21-16)8-9-20(25)24-14-12-23(13-15-24)11-10-18-6-4-3-5-7-18/h3-7,16-17,19,21-22H,8-15H2,1-2H3. The highest BCUT2D eigenvalue weighted by molar-refractivity contribution is 5.76. The van der Waals surface area contributed by atoms with Gasteiger partial charge >= 0.3 is 0 Å². The normalized spacial score (nSPS) is 27.6. The van der Waals surface area contributed by atoms with Gasteiger partial charge in [0.25, 0.3) is 0 Å². The Hall–Kier alpha value is -1.43. The van der Waals surface area contributed by atoms with Crippen LogP contribution >= 0.6 is 0 Å². The Bertz CT molecular complexity index is 532. The Balaban J connectivity index is 1.36. The van der Waals surface area contributed by atoms with Gasteiger partial charge in [0, 0.05) is 51.2 Å². The first kappa shape index (κ1) is 18.4. The number of hydrogen-bond acceptors (Lipinski definition) is 4. The molecule has 2 aliphatic rings.